The largest absolute Gasteiger partial charge is 0.459 e. The van der Waals surface area contributed by atoms with Crippen molar-refractivity contribution < 1.29 is 14.3 Å². The lowest BCUT2D eigenvalue weighted by Gasteiger charge is -2.38. The fraction of sp³-hybridized carbons (Fsp3) is 0.571. The van der Waals surface area contributed by atoms with Gasteiger partial charge in [0.1, 0.15) is 5.82 Å². The van der Waals surface area contributed by atoms with Crippen LogP contribution in [-0.4, -0.2) is 58.0 Å². The van der Waals surface area contributed by atoms with Gasteiger partial charge in [0.15, 0.2) is 0 Å². The fourth-order valence-corrected chi connectivity index (χ4v) is 4.40. The van der Waals surface area contributed by atoms with E-state index in [0.29, 0.717) is 12.5 Å². The van der Waals surface area contributed by atoms with Gasteiger partial charge in [-0.1, -0.05) is 13.0 Å². The first-order chi connectivity index (χ1) is 13.5. The molecule has 1 amide bonds. The molecular formula is C21H28N4O3. The summed E-state index contributed by atoms with van der Waals surface area (Å²) in [6.45, 7) is 7.42. The molecule has 2 aliphatic rings. The van der Waals surface area contributed by atoms with Crippen LogP contribution in [0.4, 0.5) is 0 Å². The lowest BCUT2D eigenvalue weighted by atomic mass is 9.89. The Balaban J connectivity index is 1.66. The van der Waals surface area contributed by atoms with E-state index in [2.05, 4.69) is 41.6 Å². The summed E-state index contributed by atoms with van der Waals surface area (Å²) in [5, 5.41) is 0. The van der Waals surface area contributed by atoms with Crippen LogP contribution < -0.4 is 0 Å². The summed E-state index contributed by atoms with van der Waals surface area (Å²) in [5.41, 5.74) is 3.14. The van der Waals surface area contributed by atoms with Crippen molar-refractivity contribution in [1.29, 1.82) is 0 Å². The minimum atomic E-state index is -0.761. The van der Waals surface area contributed by atoms with Gasteiger partial charge in [-0.2, -0.15) is 0 Å². The number of imidazole rings is 1. The number of fused-ring (bicyclic) bond motifs is 3. The fourth-order valence-electron chi connectivity index (χ4n) is 4.40. The van der Waals surface area contributed by atoms with Gasteiger partial charge in [0.25, 0.3) is 0 Å². The zero-order valence-corrected chi connectivity index (χ0v) is 16.9. The third kappa shape index (κ3) is 3.39. The standard InChI is InChI=1S/C21H28N4O3/c1-4-28-21(27)20(26)25-12-14(2)5-7-17(25)15-6-8-18-16(11-15)22-19-13-23(3)9-10-24(18)19/h6,8,11,14,17H,4-5,7,9-10,12-13H2,1-3H3/t14-,17+/m0/s1. The number of likely N-dealkylation sites (tertiary alicyclic amines) is 1. The number of hydrogen-bond donors (Lipinski definition) is 0. The van der Waals surface area contributed by atoms with Gasteiger partial charge in [0.2, 0.25) is 0 Å². The lowest BCUT2D eigenvalue weighted by molar-refractivity contribution is -0.162. The molecule has 3 heterocycles. The van der Waals surface area contributed by atoms with Crippen molar-refractivity contribution in [3.8, 4) is 0 Å². The molecule has 150 valence electrons. The van der Waals surface area contributed by atoms with Gasteiger partial charge in [-0.25, -0.2) is 9.78 Å². The molecule has 7 nitrogen and oxygen atoms in total. The molecule has 28 heavy (non-hydrogen) atoms. The molecule has 0 bridgehead atoms. The van der Waals surface area contributed by atoms with E-state index in [1.807, 2.05) is 0 Å². The quantitative estimate of drug-likeness (QED) is 0.587. The Morgan fingerprint density at radius 3 is 2.86 bits per heavy atom. The summed E-state index contributed by atoms with van der Waals surface area (Å²) < 4.78 is 7.24. The lowest BCUT2D eigenvalue weighted by Crippen LogP contribution is -2.45. The zero-order chi connectivity index (χ0) is 19.8. The van der Waals surface area contributed by atoms with E-state index in [4.69, 9.17) is 9.72 Å². The molecule has 2 atom stereocenters. The highest BCUT2D eigenvalue weighted by atomic mass is 16.5. The number of likely N-dealkylation sites (N-methyl/N-ethyl adjacent to an activating group) is 1. The van der Waals surface area contributed by atoms with Crippen LogP contribution in [0, 0.1) is 5.92 Å². The summed E-state index contributed by atoms with van der Waals surface area (Å²) >= 11 is 0. The molecule has 1 aromatic heterocycles. The van der Waals surface area contributed by atoms with Gasteiger partial charge < -0.3 is 14.2 Å². The van der Waals surface area contributed by atoms with E-state index in [0.717, 1.165) is 54.9 Å². The van der Waals surface area contributed by atoms with Crippen molar-refractivity contribution in [2.75, 3.05) is 26.7 Å². The maximum atomic E-state index is 12.7. The molecule has 0 N–H and O–H groups in total. The van der Waals surface area contributed by atoms with E-state index in [1.165, 1.54) is 0 Å². The molecule has 0 spiro atoms. The minimum Gasteiger partial charge on any atom is -0.459 e. The SMILES string of the molecule is CCOC(=O)C(=O)N1C[C@@H](C)CC[C@@H]1c1ccc2c(c1)nc1n2CCN(C)C1. The molecule has 0 saturated carbocycles. The van der Waals surface area contributed by atoms with E-state index in [-0.39, 0.29) is 12.6 Å². The Hall–Kier alpha value is -2.41. The van der Waals surface area contributed by atoms with E-state index in [9.17, 15) is 9.59 Å². The number of hydrogen-bond acceptors (Lipinski definition) is 5. The normalized spacial score (nSPS) is 22.9. The first-order valence-corrected chi connectivity index (χ1v) is 10.1. The smallest absolute Gasteiger partial charge is 0.397 e. The number of carbonyl (C=O) groups excluding carboxylic acids is 2. The molecule has 0 radical (unpaired) electrons. The second-order valence-corrected chi connectivity index (χ2v) is 8.04. The second kappa shape index (κ2) is 7.54. The number of esters is 1. The Morgan fingerprint density at radius 2 is 2.07 bits per heavy atom. The Kier molecular flexibility index (Phi) is 5.10. The average molecular weight is 384 g/mol. The summed E-state index contributed by atoms with van der Waals surface area (Å²) in [5.74, 6) is 0.152. The topological polar surface area (TPSA) is 67.7 Å². The third-order valence-electron chi connectivity index (χ3n) is 5.88. The Bertz CT molecular complexity index is 906. The van der Waals surface area contributed by atoms with Crippen molar-refractivity contribution in [3.63, 3.8) is 0 Å². The minimum absolute atomic E-state index is 0.112. The predicted molar refractivity (Wildman–Crippen MR) is 106 cm³/mol. The van der Waals surface area contributed by atoms with Crippen molar-refractivity contribution in [2.45, 2.75) is 45.8 Å². The number of ether oxygens (including phenoxy) is 1. The molecular weight excluding hydrogens is 356 g/mol. The van der Waals surface area contributed by atoms with E-state index < -0.39 is 11.9 Å². The molecule has 1 saturated heterocycles. The van der Waals surface area contributed by atoms with Gasteiger partial charge in [-0.05, 0) is 50.4 Å². The van der Waals surface area contributed by atoms with Crippen LogP contribution in [-0.2, 0) is 27.4 Å². The molecule has 0 unspecified atom stereocenters. The molecule has 4 rings (SSSR count). The number of benzene rings is 1. The zero-order valence-electron chi connectivity index (χ0n) is 16.9. The molecule has 2 aromatic rings. The second-order valence-electron chi connectivity index (χ2n) is 8.04. The number of amides is 1. The molecule has 1 aromatic carbocycles. The summed E-state index contributed by atoms with van der Waals surface area (Å²) in [7, 11) is 2.11. The van der Waals surface area contributed by atoms with E-state index >= 15 is 0 Å². The molecule has 2 aliphatic heterocycles. The number of piperidine rings is 1. The summed E-state index contributed by atoms with van der Waals surface area (Å²) in [6, 6.07) is 6.17. The highest BCUT2D eigenvalue weighted by Crippen LogP contribution is 2.35. The predicted octanol–water partition coefficient (Wildman–Crippen LogP) is 2.34. The number of nitrogens with zero attached hydrogens (tertiary/aromatic N) is 4. The van der Waals surface area contributed by atoms with Gasteiger partial charge in [-0.3, -0.25) is 9.69 Å². The average Bonchev–Trinajstić information content (AvgIpc) is 3.03. The Morgan fingerprint density at radius 1 is 1.25 bits per heavy atom. The van der Waals surface area contributed by atoms with E-state index in [1.54, 1.807) is 11.8 Å². The first kappa shape index (κ1) is 18.9. The van der Waals surface area contributed by atoms with Crippen LogP contribution >= 0.6 is 0 Å². The van der Waals surface area contributed by atoms with Crippen LogP contribution in [0.3, 0.4) is 0 Å². The maximum Gasteiger partial charge on any atom is 0.397 e. The summed E-state index contributed by atoms with van der Waals surface area (Å²) in [6.07, 6.45) is 1.87. The molecule has 0 aliphatic carbocycles. The molecule has 7 heteroatoms. The van der Waals surface area contributed by atoms with Gasteiger partial charge >= 0.3 is 11.9 Å². The highest BCUT2D eigenvalue weighted by molar-refractivity contribution is 6.32. The van der Waals surface area contributed by atoms with Gasteiger partial charge in [0, 0.05) is 19.6 Å². The van der Waals surface area contributed by atoms with Crippen LogP contribution in [0.5, 0.6) is 0 Å². The first-order valence-electron chi connectivity index (χ1n) is 10.1. The maximum absolute atomic E-state index is 12.7. The van der Waals surface area contributed by atoms with Crippen LogP contribution in [0.15, 0.2) is 18.2 Å². The monoisotopic (exact) mass is 384 g/mol. The molecule has 1 fully saturated rings. The van der Waals surface area contributed by atoms with Gasteiger partial charge in [-0.15, -0.1) is 0 Å². The highest BCUT2D eigenvalue weighted by Gasteiger charge is 2.35. The van der Waals surface area contributed by atoms with Gasteiger partial charge in [0.05, 0.1) is 30.2 Å². The van der Waals surface area contributed by atoms with Crippen LogP contribution in [0.25, 0.3) is 11.0 Å². The van der Waals surface area contributed by atoms with Crippen molar-refractivity contribution >= 4 is 22.9 Å². The number of carbonyl (C=O) groups is 2. The van der Waals surface area contributed by atoms with Crippen LogP contribution in [0.2, 0.25) is 0 Å². The number of aromatic nitrogens is 2. The van der Waals surface area contributed by atoms with Crippen LogP contribution in [0.1, 0.15) is 44.1 Å². The van der Waals surface area contributed by atoms with Crippen molar-refractivity contribution in [1.82, 2.24) is 19.4 Å². The van der Waals surface area contributed by atoms with Crippen molar-refractivity contribution in [3.05, 3.63) is 29.6 Å². The van der Waals surface area contributed by atoms with Crippen molar-refractivity contribution in [2.24, 2.45) is 5.92 Å². The third-order valence-corrected chi connectivity index (χ3v) is 5.88. The Labute approximate surface area is 165 Å². The summed E-state index contributed by atoms with van der Waals surface area (Å²) in [4.78, 5) is 33.6. The number of rotatable bonds is 2.